The summed E-state index contributed by atoms with van der Waals surface area (Å²) in [6.45, 7) is 0. The van der Waals surface area contributed by atoms with Crippen molar-refractivity contribution in [3.05, 3.63) is 30.6 Å². The van der Waals surface area contributed by atoms with Crippen LogP contribution >= 0.6 is 29.6 Å². The van der Waals surface area contributed by atoms with Gasteiger partial charge in [0.15, 0.2) is 0 Å². The zero-order valence-electron chi connectivity index (χ0n) is 7.43. The first-order chi connectivity index (χ1) is 7.00. The van der Waals surface area contributed by atoms with Crippen molar-refractivity contribution in [2.24, 2.45) is 0 Å². The van der Waals surface area contributed by atoms with E-state index in [4.69, 9.17) is 25.9 Å². The van der Waals surface area contributed by atoms with Gasteiger partial charge in [-0.2, -0.15) is 16.8 Å². The summed E-state index contributed by atoms with van der Waals surface area (Å²) >= 11 is 3.81. The summed E-state index contributed by atoms with van der Waals surface area (Å²) in [6, 6.07) is 5.72. The lowest BCUT2D eigenvalue weighted by Crippen LogP contribution is -1.76. The molecule has 1 aromatic heterocycles. The molecule has 0 radical (unpaired) electrons. The van der Waals surface area contributed by atoms with Crippen LogP contribution in [0.25, 0.3) is 0 Å². The van der Waals surface area contributed by atoms with Crippen LogP contribution in [0.5, 0.6) is 0 Å². The van der Waals surface area contributed by atoms with Crippen molar-refractivity contribution < 1.29 is 25.9 Å². The Morgan fingerprint density at radius 2 is 1.06 bits per heavy atom. The van der Waals surface area contributed by atoms with E-state index in [0.29, 0.717) is 0 Å². The molecule has 11 heteroatoms. The topological polar surface area (TPSA) is 122 Å². The van der Waals surface area contributed by atoms with Crippen LogP contribution in [0.4, 0.5) is 0 Å². The third-order valence-electron chi connectivity index (χ3n) is 0.566. The van der Waals surface area contributed by atoms with Crippen LogP contribution in [0.1, 0.15) is 0 Å². The third-order valence-corrected chi connectivity index (χ3v) is 0.566. The Hall–Kier alpha value is -0.0700. The molecule has 1 rings (SSSR count). The molecule has 94 valence electrons. The molecule has 0 atom stereocenters. The van der Waals surface area contributed by atoms with Crippen LogP contribution in [0.15, 0.2) is 30.6 Å². The normalized spacial score (nSPS) is 10.2. The molecule has 0 amide bonds. The van der Waals surface area contributed by atoms with Gasteiger partial charge in [-0.25, -0.2) is 0 Å². The Morgan fingerprint density at radius 3 is 1.12 bits per heavy atom. The summed E-state index contributed by atoms with van der Waals surface area (Å²) in [5.74, 6) is 0. The molecule has 16 heavy (non-hydrogen) atoms. The molecule has 0 aliphatic heterocycles. The Balaban J connectivity index is 0. The molecule has 1 heterocycles. The van der Waals surface area contributed by atoms with Crippen molar-refractivity contribution in [1.82, 2.24) is 4.98 Å². The molecule has 0 spiro atoms. The molecule has 0 bridgehead atoms. The predicted octanol–water partition coefficient (Wildman–Crippen LogP) is 1.45. The van der Waals surface area contributed by atoms with Crippen LogP contribution < -0.4 is 0 Å². The van der Waals surface area contributed by atoms with Gasteiger partial charge in [0.2, 0.25) is 0 Å². The highest BCUT2D eigenvalue weighted by atomic mass is 79.9. The van der Waals surface area contributed by atoms with E-state index in [1.807, 2.05) is 47.8 Å². The number of hydrogen-bond acceptors (Lipinski definition) is 5. The highest BCUT2D eigenvalue weighted by Crippen LogP contribution is 1.88. The SMILES string of the molecule is O=S(=O)(O)Br.O=S(=O)(O)Br.c1ccncc1. The fourth-order valence-corrected chi connectivity index (χ4v) is 0.313. The Bertz CT molecular complexity index is 386. The summed E-state index contributed by atoms with van der Waals surface area (Å²) in [6.07, 6.45) is 3.50. The lowest BCUT2D eigenvalue weighted by molar-refractivity contribution is 0.502. The van der Waals surface area contributed by atoms with Crippen molar-refractivity contribution in [3.8, 4) is 0 Å². The predicted molar refractivity (Wildman–Crippen MR) is 65.2 cm³/mol. The van der Waals surface area contributed by atoms with E-state index in [9.17, 15) is 0 Å². The number of halogens is 2. The van der Waals surface area contributed by atoms with E-state index in [-0.39, 0.29) is 0 Å². The summed E-state index contributed by atoms with van der Waals surface area (Å²) in [4.78, 5) is 3.78. The van der Waals surface area contributed by atoms with E-state index >= 15 is 0 Å². The number of nitrogens with zero attached hydrogens (tertiary/aromatic N) is 1. The van der Waals surface area contributed by atoms with Crippen molar-refractivity contribution >= 4 is 46.7 Å². The second kappa shape index (κ2) is 9.01. The largest absolute Gasteiger partial charge is 0.326 e. The van der Waals surface area contributed by atoms with E-state index in [0.717, 1.165) is 0 Å². The Labute approximate surface area is 108 Å². The monoisotopic (exact) mass is 399 g/mol. The Kier molecular flexibility index (Phi) is 10.3. The fraction of sp³-hybridized carbons (Fsp3) is 0. The smallest absolute Gasteiger partial charge is 0.277 e. The second-order valence-corrected chi connectivity index (χ2v) is 8.41. The maximum absolute atomic E-state index is 9.10. The molecule has 0 aliphatic carbocycles. The molecule has 0 unspecified atom stereocenters. The minimum atomic E-state index is -3.85. The van der Waals surface area contributed by atoms with Gasteiger partial charge < -0.3 is 0 Å². The van der Waals surface area contributed by atoms with Gasteiger partial charge in [0, 0.05) is 12.4 Å². The van der Waals surface area contributed by atoms with Crippen molar-refractivity contribution in [3.63, 3.8) is 0 Å². The van der Waals surface area contributed by atoms with Gasteiger partial charge in [-0.15, -0.1) is 0 Å². The molecule has 0 saturated carbocycles. The number of aromatic nitrogens is 1. The third kappa shape index (κ3) is 66.2. The van der Waals surface area contributed by atoms with Gasteiger partial charge in [-0.3, -0.25) is 14.1 Å². The first-order valence-corrected chi connectivity index (χ1v) is 9.76. The maximum Gasteiger partial charge on any atom is 0.326 e. The Morgan fingerprint density at radius 1 is 0.812 bits per heavy atom. The highest BCUT2D eigenvalue weighted by molar-refractivity contribution is 9.47. The van der Waals surface area contributed by atoms with E-state index in [1.165, 1.54) is 0 Å². The zero-order chi connectivity index (χ0) is 13.2. The molecular formula is C5H7Br2NO6S2. The average Bonchev–Trinajstić information content (AvgIpc) is 2.01. The molecule has 0 aromatic carbocycles. The van der Waals surface area contributed by atoms with Crippen LogP contribution in [-0.2, 0) is 17.1 Å². The minimum absolute atomic E-state index is 1.75. The quantitative estimate of drug-likeness (QED) is 0.499. The van der Waals surface area contributed by atoms with Crippen molar-refractivity contribution in [2.75, 3.05) is 0 Å². The molecule has 1 aromatic rings. The number of hydrogen-bond donors (Lipinski definition) is 2. The summed E-state index contributed by atoms with van der Waals surface area (Å²) in [5.41, 5.74) is 0. The molecular weight excluding hydrogens is 394 g/mol. The highest BCUT2D eigenvalue weighted by Gasteiger charge is 1.86. The number of pyridine rings is 1. The molecule has 0 fully saturated rings. The van der Waals surface area contributed by atoms with Gasteiger partial charge in [0.25, 0.3) is 0 Å². The fourth-order valence-electron chi connectivity index (χ4n) is 0.313. The zero-order valence-corrected chi connectivity index (χ0v) is 12.2. The first-order valence-electron chi connectivity index (χ1n) is 3.19. The van der Waals surface area contributed by atoms with Gasteiger partial charge in [0.1, 0.15) is 0 Å². The average molecular weight is 401 g/mol. The first kappa shape index (κ1) is 18.3. The lowest BCUT2D eigenvalue weighted by Gasteiger charge is -1.70. The molecule has 0 saturated heterocycles. The van der Waals surface area contributed by atoms with Gasteiger partial charge in [-0.05, 0) is 12.1 Å². The molecule has 2 N–H and O–H groups in total. The van der Waals surface area contributed by atoms with E-state index < -0.39 is 17.1 Å². The van der Waals surface area contributed by atoms with Crippen LogP contribution in [0, 0.1) is 0 Å². The van der Waals surface area contributed by atoms with Crippen LogP contribution in [0.3, 0.4) is 0 Å². The van der Waals surface area contributed by atoms with Gasteiger partial charge in [0.05, 0.1) is 29.6 Å². The molecule has 7 nitrogen and oxygen atoms in total. The van der Waals surface area contributed by atoms with Crippen molar-refractivity contribution in [2.45, 2.75) is 0 Å². The number of rotatable bonds is 0. The van der Waals surface area contributed by atoms with Crippen LogP contribution in [-0.4, -0.2) is 30.9 Å². The maximum atomic E-state index is 9.10. The van der Waals surface area contributed by atoms with E-state index in [2.05, 4.69) is 4.98 Å². The van der Waals surface area contributed by atoms with E-state index in [1.54, 1.807) is 12.4 Å². The lowest BCUT2D eigenvalue weighted by atomic mass is 10.5. The minimum Gasteiger partial charge on any atom is -0.277 e. The van der Waals surface area contributed by atoms with Gasteiger partial charge >= 0.3 is 17.1 Å². The van der Waals surface area contributed by atoms with Crippen LogP contribution in [0.2, 0.25) is 0 Å². The summed E-state index contributed by atoms with van der Waals surface area (Å²) in [7, 11) is -7.71. The summed E-state index contributed by atoms with van der Waals surface area (Å²) < 4.78 is 51.2. The second-order valence-electron chi connectivity index (χ2n) is 1.85. The van der Waals surface area contributed by atoms with Gasteiger partial charge in [-0.1, -0.05) is 6.07 Å². The van der Waals surface area contributed by atoms with Crippen molar-refractivity contribution in [1.29, 1.82) is 0 Å². The molecule has 0 aliphatic rings. The summed E-state index contributed by atoms with van der Waals surface area (Å²) in [5, 5.41) is 0. The standard InChI is InChI=1S/C5H5N.2BrHO3S/c1-2-4-6-5-3-1;2*1-5(2,3)4/h1-5H;2*(H,2,3,4).